The largest absolute Gasteiger partial charge is 0.339 e. The maximum Gasteiger partial charge on any atom is 0.163 e. The third-order valence-electron chi connectivity index (χ3n) is 4.80. The Kier molecular flexibility index (Phi) is 3.10. The minimum atomic E-state index is 0.0512. The Bertz CT molecular complexity index is 982. The zero-order valence-electron chi connectivity index (χ0n) is 13.1. The van der Waals surface area contributed by atoms with Crippen molar-refractivity contribution >= 4 is 33.4 Å². The number of nitrogens with zero attached hydrogens (tertiary/aromatic N) is 1. The van der Waals surface area contributed by atoms with Crippen molar-refractivity contribution in [2.75, 3.05) is 6.54 Å². The molecule has 4 rings (SSSR count). The van der Waals surface area contributed by atoms with Crippen LogP contribution in [-0.2, 0) is 13.0 Å². The van der Waals surface area contributed by atoms with E-state index in [4.69, 9.17) is 5.73 Å². The molecule has 0 amide bonds. The van der Waals surface area contributed by atoms with Crippen LogP contribution < -0.4 is 5.73 Å². The van der Waals surface area contributed by atoms with Crippen LogP contribution in [0.15, 0.2) is 30.3 Å². The summed E-state index contributed by atoms with van der Waals surface area (Å²) >= 11 is 0. The van der Waals surface area contributed by atoms with Crippen molar-refractivity contribution in [1.82, 2.24) is 4.57 Å². The number of benzene rings is 2. The molecule has 0 bridgehead atoms. The van der Waals surface area contributed by atoms with E-state index in [-0.39, 0.29) is 11.6 Å². The molecule has 0 saturated carbocycles. The first-order valence-electron chi connectivity index (χ1n) is 7.94. The van der Waals surface area contributed by atoms with Crippen molar-refractivity contribution in [2.45, 2.75) is 26.3 Å². The van der Waals surface area contributed by atoms with Crippen LogP contribution in [0.1, 0.15) is 39.6 Å². The van der Waals surface area contributed by atoms with E-state index in [9.17, 15) is 9.59 Å². The molecule has 4 heteroatoms. The average Bonchev–Trinajstić information content (AvgIpc) is 3.06. The molecule has 2 aromatic carbocycles. The standard InChI is InChI=1S/C19H18N2O2/c1-11(22)12-2-5-16-15(10-12)19-14-4-7-18(23)13(14)3-6-17(19)21(16)9-8-20/h2-3,5-6,10H,4,7-9,20H2,1H3. The minimum Gasteiger partial charge on any atom is -0.339 e. The van der Waals surface area contributed by atoms with Gasteiger partial charge < -0.3 is 10.3 Å². The number of aryl methyl sites for hydroxylation is 1. The maximum atomic E-state index is 12.1. The first-order valence-corrected chi connectivity index (χ1v) is 7.94. The normalized spacial score (nSPS) is 13.9. The van der Waals surface area contributed by atoms with Crippen LogP contribution in [0.25, 0.3) is 21.8 Å². The molecule has 0 unspecified atom stereocenters. The molecule has 0 saturated heterocycles. The highest BCUT2D eigenvalue weighted by Crippen LogP contribution is 2.37. The van der Waals surface area contributed by atoms with Gasteiger partial charge in [0.25, 0.3) is 0 Å². The Morgan fingerprint density at radius 3 is 2.70 bits per heavy atom. The molecule has 1 aliphatic carbocycles. The lowest BCUT2D eigenvalue weighted by Gasteiger charge is -2.06. The van der Waals surface area contributed by atoms with Gasteiger partial charge in [0.2, 0.25) is 0 Å². The third kappa shape index (κ3) is 1.95. The summed E-state index contributed by atoms with van der Waals surface area (Å²) in [4.78, 5) is 23.8. The van der Waals surface area contributed by atoms with Gasteiger partial charge in [-0.3, -0.25) is 9.59 Å². The Morgan fingerprint density at radius 1 is 1.17 bits per heavy atom. The second-order valence-electron chi connectivity index (χ2n) is 6.14. The lowest BCUT2D eigenvalue weighted by molar-refractivity contribution is 0.0991. The lowest BCUT2D eigenvalue weighted by atomic mass is 10.0. The fourth-order valence-corrected chi connectivity index (χ4v) is 3.75. The molecule has 23 heavy (non-hydrogen) atoms. The summed E-state index contributed by atoms with van der Waals surface area (Å²) < 4.78 is 2.19. The fraction of sp³-hybridized carbons (Fsp3) is 0.263. The summed E-state index contributed by atoms with van der Waals surface area (Å²) in [6, 6.07) is 9.76. The number of ketones is 2. The Hall–Kier alpha value is -2.46. The highest BCUT2D eigenvalue weighted by Gasteiger charge is 2.24. The number of nitrogens with two attached hydrogens (primary N) is 1. The van der Waals surface area contributed by atoms with Crippen molar-refractivity contribution in [3.05, 3.63) is 47.0 Å². The van der Waals surface area contributed by atoms with Crippen molar-refractivity contribution < 1.29 is 9.59 Å². The zero-order valence-corrected chi connectivity index (χ0v) is 13.1. The number of Topliss-reactive ketones (excluding diaryl/α,β-unsaturated/α-hetero) is 2. The summed E-state index contributed by atoms with van der Waals surface area (Å²) in [5.74, 6) is 0.264. The van der Waals surface area contributed by atoms with Crippen LogP contribution >= 0.6 is 0 Å². The van der Waals surface area contributed by atoms with E-state index in [1.54, 1.807) is 6.92 Å². The Labute approximate surface area is 133 Å². The quantitative estimate of drug-likeness (QED) is 0.756. The number of carbonyl (C=O) groups is 2. The summed E-state index contributed by atoms with van der Waals surface area (Å²) in [6.07, 6.45) is 1.35. The molecule has 0 aliphatic heterocycles. The van der Waals surface area contributed by atoms with E-state index in [1.165, 1.54) is 0 Å². The van der Waals surface area contributed by atoms with Crippen LogP contribution in [-0.4, -0.2) is 22.7 Å². The number of hydrogen-bond acceptors (Lipinski definition) is 3. The minimum absolute atomic E-state index is 0.0512. The number of aromatic nitrogens is 1. The molecule has 3 aromatic rings. The Morgan fingerprint density at radius 2 is 1.96 bits per heavy atom. The lowest BCUT2D eigenvalue weighted by Crippen LogP contribution is -2.09. The van der Waals surface area contributed by atoms with E-state index in [1.807, 2.05) is 30.3 Å². The van der Waals surface area contributed by atoms with E-state index in [0.29, 0.717) is 25.1 Å². The van der Waals surface area contributed by atoms with Gasteiger partial charge in [0.1, 0.15) is 0 Å². The smallest absolute Gasteiger partial charge is 0.163 e. The fourth-order valence-electron chi connectivity index (χ4n) is 3.75. The zero-order chi connectivity index (χ0) is 16.1. The summed E-state index contributed by atoms with van der Waals surface area (Å²) in [5.41, 5.74) is 10.6. The molecule has 0 spiro atoms. The maximum absolute atomic E-state index is 12.1. The molecule has 116 valence electrons. The second-order valence-corrected chi connectivity index (χ2v) is 6.14. The molecule has 0 fully saturated rings. The topological polar surface area (TPSA) is 65.1 Å². The van der Waals surface area contributed by atoms with E-state index >= 15 is 0 Å². The molecule has 2 N–H and O–H groups in total. The molecule has 0 radical (unpaired) electrons. The first-order chi connectivity index (χ1) is 11.1. The van der Waals surface area contributed by atoms with Gasteiger partial charge in [0, 0.05) is 52.4 Å². The van der Waals surface area contributed by atoms with Gasteiger partial charge in [0.05, 0.1) is 0 Å². The van der Waals surface area contributed by atoms with Crippen LogP contribution in [0.3, 0.4) is 0 Å². The van der Waals surface area contributed by atoms with Gasteiger partial charge in [-0.2, -0.15) is 0 Å². The van der Waals surface area contributed by atoms with Crippen LogP contribution in [0, 0.1) is 0 Å². The van der Waals surface area contributed by atoms with Gasteiger partial charge in [-0.15, -0.1) is 0 Å². The van der Waals surface area contributed by atoms with E-state index in [0.717, 1.165) is 39.4 Å². The number of fused-ring (bicyclic) bond motifs is 5. The average molecular weight is 306 g/mol. The van der Waals surface area contributed by atoms with Crippen LogP contribution in [0.5, 0.6) is 0 Å². The molecule has 1 aromatic heterocycles. The monoisotopic (exact) mass is 306 g/mol. The van der Waals surface area contributed by atoms with Crippen molar-refractivity contribution in [2.24, 2.45) is 5.73 Å². The van der Waals surface area contributed by atoms with Crippen LogP contribution in [0.4, 0.5) is 0 Å². The summed E-state index contributed by atoms with van der Waals surface area (Å²) in [7, 11) is 0. The SMILES string of the molecule is CC(=O)c1ccc2c(c1)c1c3c(ccc1n2CCN)C(=O)CC3. The number of carbonyl (C=O) groups excluding carboxylic acids is 2. The van der Waals surface area contributed by atoms with Crippen molar-refractivity contribution in [1.29, 1.82) is 0 Å². The number of rotatable bonds is 3. The third-order valence-corrected chi connectivity index (χ3v) is 4.80. The van der Waals surface area contributed by atoms with Gasteiger partial charge in [0.15, 0.2) is 11.6 Å². The molecular formula is C19H18N2O2. The van der Waals surface area contributed by atoms with Crippen LogP contribution in [0.2, 0.25) is 0 Å². The highest BCUT2D eigenvalue weighted by atomic mass is 16.1. The summed E-state index contributed by atoms with van der Waals surface area (Å²) in [5, 5.41) is 2.16. The molecule has 1 heterocycles. The van der Waals surface area contributed by atoms with Gasteiger partial charge in [-0.05, 0) is 49.2 Å². The molecular weight excluding hydrogens is 288 g/mol. The number of hydrogen-bond donors (Lipinski definition) is 1. The van der Waals surface area contributed by atoms with Gasteiger partial charge in [-0.1, -0.05) is 0 Å². The predicted octanol–water partition coefficient (Wildman–Crippen LogP) is 3.08. The van der Waals surface area contributed by atoms with Gasteiger partial charge >= 0.3 is 0 Å². The van der Waals surface area contributed by atoms with Crippen molar-refractivity contribution in [3.63, 3.8) is 0 Å². The molecule has 1 aliphatic rings. The first kappa shape index (κ1) is 14.2. The van der Waals surface area contributed by atoms with Gasteiger partial charge in [-0.25, -0.2) is 0 Å². The summed E-state index contributed by atoms with van der Waals surface area (Å²) in [6.45, 7) is 2.84. The highest BCUT2D eigenvalue weighted by molar-refractivity contribution is 6.16. The van der Waals surface area contributed by atoms with E-state index in [2.05, 4.69) is 4.57 Å². The molecule has 0 atom stereocenters. The predicted molar refractivity (Wildman–Crippen MR) is 91.2 cm³/mol. The van der Waals surface area contributed by atoms with Crippen molar-refractivity contribution in [3.8, 4) is 0 Å². The Balaban J connectivity index is 2.17. The second kappa shape index (κ2) is 5.03. The molecule has 4 nitrogen and oxygen atoms in total. The van der Waals surface area contributed by atoms with E-state index < -0.39 is 0 Å².